The van der Waals surface area contributed by atoms with Crippen molar-refractivity contribution in [2.45, 2.75) is 0 Å². The molecule has 0 spiro atoms. The minimum Gasteiger partial charge on any atom is -0.413 e. The number of aromatic nitrogens is 1. The Kier molecular flexibility index (Phi) is 3.85. The van der Waals surface area contributed by atoms with Crippen LogP contribution in [0, 0.1) is 0 Å². The summed E-state index contributed by atoms with van der Waals surface area (Å²) in [5.74, 6) is 0. The van der Waals surface area contributed by atoms with Crippen molar-refractivity contribution in [2.75, 3.05) is 7.11 Å². The summed E-state index contributed by atoms with van der Waals surface area (Å²) in [5.41, 5.74) is 3.73. The second kappa shape index (κ2) is 6.37. The predicted molar refractivity (Wildman–Crippen MR) is 114 cm³/mol. The van der Waals surface area contributed by atoms with Gasteiger partial charge in [0.1, 0.15) is 12.8 Å². The molecule has 3 aromatic rings. The number of pyridine rings is 1. The molecule has 0 unspecified atom stereocenters. The smallest absolute Gasteiger partial charge is 0.292 e. The molecule has 3 aromatic heterocycles. The maximum atomic E-state index is 13.4. The SMILES string of the molecule is COn1c(-c2cccs2)c(-c2cccs2)c2cc3cccccc-3c2c1=O. The summed E-state index contributed by atoms with van der Waals surface area (Å²) in [7, 11) is 1.55. The topological polar surface area (TPSA) is 31.2 Å². The first-order chi connectivity index (χ1) is 13.3. The zero-order chi connectivity index (χ0) is 18.4. The van der Waals surface area contributed by atoms with Crippen LogP contribution in [0.3, 0.4) is 0 Å². The molecule has 5 rings (SSSR count). The number of hydrogen-bond acceptors (Lipinski definition) is 4. The average Bonchev–Trinajstić information content (AvgIpc) is 3.41. The van der Waals surface area contributed by atoms with Crippen LogP contribution in [0.25, 0.3) is 42.9 Å². The Labute approximate surface area is 164 Å². The number of rotatable bonds is 3. The maximum absolute atomic E-state index is 13.4. The Bertz CT molecular complexity index is 1270. The number of nitrogens with zero attached hydrogens (tertiary/aromatic N) is 1. The Morgan fingerprint density at radius 2 is 1.63 bits per heavy atom. The Morgan fingerprint density at radius 3 is 2.33 bits per heavy atom. The lowest BCUT2D eigenvalue weighted by Gasteiger charge is -2.15. The molecular weight excluding hydrogens is 374 g/mol. The van der Waals surface area contributed by atoms with Crippen LogP contribution in [0.4, 0.5) is 0 Å². The van der Waals surface area contributed by atoms with E-state index < -0.39 is 0 Å². The number of fused-ring (bicyclic) bond motifs is 3. The number of hydrogen-bond donors (Lipinski definition) is 0. The third-order valence-corrected chi connectivity index (χ3v) is 6.49. The highest BCUT2D eigenvalue weighted by molar-refractivity contribution is 7.14. The monoisotopic (exact) mass is 389 g/mol. The Balaban J connectivity index is 2.06. The maximum Gasteiger partial charge on any atom is 0.292 e. The second-order valence-electron chi connectivity index (χ2n) is 6.17. The van der Waals surface area contributed by atoms with Gasteiger partial charge in [-0.2, -0.15) is 0 Å². The summed E-state index contributed by atoms with van der Waals surface area (Å²) in [6.45, 7) is 0. The van der Waals surface area contributed by atoms with Gasteiger partial charge in [0, 0.05) is 10.4 Å². The van der Waals surface area contributed by atoms with E-state index in [-0.39, 0.29) is 5.56 Å². The molecule has 2 aliphatic rings. The standard InChI is InChI=1S/C22H15NO2S2/c1-25-23-21(18-10-6-12-27-18)20(17-9-5-11-26-17)16-13-14-7-3-2-4-8-15(14)19(16)22(23)24/h2-13H,1H3. The summed E-state index contributed by atoms with van der Waals surface area (Å²) < 4.78 is 1.44. The molecule has 0 saturated carbocycles. The molecule has 0 aliphatic heterocycles. The molecular formula is C22H15NO2S2. The van der Waals surface area contributed by atoms with Crippen LogP contribution in [0.5, 0.6) is 0 Å². The molecule has 27 heavy (non-hydrogen) atoms. The van der Waals surface area contributed by atoms with E-state index in [1.165, 1.54) is 4.73 Å². The van der Waals surface area contributed by atoms with Crippen LogP contribution in [0.2, 0.25) is 0 Å². The first-order valence-electron chi connectivity index (χ1n) is 8.52. The summed E-state index contributed by atoms with van der Waals surface area (Å²) in [6, 6.07) is 20.3. The molecule has 3 nitrogen and oxygen atoms in total. The molecule has 0 aromatic carbocycles. The fraction of sp³-hybridized carbons (Fsp3) is 0.0455. The molecule has 132 valence electrons. The fourth-order valence-corrected chi connectivity index (χ4v) is 5.17. The van der Waals surface area contributed by atoms with Crippen LogP contribution in [-0.2, 0) is 0 Å². The van der Waals surface area contributed by atoms with Gasteiger partial charge >= 0.3 is 0 Å². The van der Waals surface area contributed by atoms with Gasteiger partial charge in [-0.3, -0.25) is 4.79 Å². The van der Waals surface area contributed by atoms with Crippen molar-refractivity contribution in [3.8, 4) is 32.1 Å². The molecule has 0 radical (unpaired) electrons. The van der Waals surface area contributed by atoms with E-state index in [2.05, 4.69) is 23.6 Å². The van der Waals surface area contributed by atoms with Crippen molar-refractivity contribution in [3.63, 3.8) is 0 Å². The molecule has 0 atom stereocenters. The van der Waals surface area contributed by atoms with Gasteiger partial charge in [-0.05, 0) is 45.5 Å². The summed E-state index contributed by atoms with van der Waals surface area (Å²) >= 11 is 3.27. The van der Waals surface area contributed by atoms with Crippen LogP contribution in [-0.4, -0.2) is 11.8 Å². The average molecular weight is 390 g/mol. The second-order valence-corrected chi connectivity index (χ2v) is 8.07. The van der Waals surface area contributed by atoms with Crippen molar-refractivity contribution < 1.29 is 4.84 Å². The lowest BCUT2D eigenvalue weighted by molar-refractivity contribution is 0.163. The molecule has 0 N–H and O–H groups in total. The Morgan fingerprint density at radius 1 is 0.889 bits per heavy atom. The van der Waals surface area contributed by atoms with E-state index in [4.69, 9.17) is 4.84 Å². The molecule has 0 fully saturated rings. The predicted octanol–water partition coefficient (Wildman–Crippen LogP) is 5.62. The van der Waals surface area contributed by atoms with Crippen LogP contribution in [0.15, 0.2) is 76.2 Å². The van der Waals surface area contributed by atoms with E-state index >= 15 is 0 Å². The largest absolute Gasteiger partial charge is 0.413 e. The molecule has 0 bridgehead atoms. The van der Waals surface area contributed by atoms with E-state index in [1.54, 1.807) is 29.8 Å². The molecule has 5 heteroatoms. The van der Waals surface area contributed by atoms with Crippen molar-refractivity contribution >= 4 is 33.4 Å². The highest BCUT2D eigenvalue weighted by atomic mass is 32.1. The van der Waals surface area contributed by atoms with Crippen molar-refractivity contribution in [1.29, 1.82) is 0 Å². The van der Waals surface area contributed by atoms with Gasteiger partial charge in [0.15, 0.2) is 0 Å². The van der Waals surface area contributed by atoms with Crippen molar-refractivity contribution in [3.05, 3.63) is 81.8 Å². The van der Waals surface area contributed by atoms with Crippen LogP contribution in [0.1, 0.15) is 0 Å². The zero-order valence-electron chi connectivity index (χ0n) is 14.5. The molecule has 0 amide bonds. The van der Waals surface area contributed by atoms with Gasteiger partial charge in [-0.1, -0.05) is 42.5 Å². The van der Waals surface area contributed by atoms with Gasteiger partial charge in [0.2, 0.25) is 0 Å². The quantitative estimate of drug-likeness (QED) is 0.401. The third kappa shape index (κ3) is 2.43. The first kappa shape index (κ1) is 16.3. The summed E-state index contributed by atoms with van der Waals surface area (Å²) in [6.07, 6.45) is 0. The molecule has 2 aliphatic carbocycles. The van der Waals surface area contributed by atoms with E-state index in [9.17, 15) is 4.79 Å². The minimum atomic E-state index is -0.127. The van der Waals surface area contributed by atoms with Gasteiger partial charge < -0.3 is 4.84 Å². The van der Waals surface area contributed by atoms with Gasteiger partial charge in [0.25, 0.3) is 5.56 Å². The zero-order valence-corrected chi connectivity index (χ0v) is 16.1. The fourth-order valence-electron chi connectivity index (χ4n) is 3.63. The highest BCUT2D eigenvalue weighted by Gasteiger charge is 2.25. The first-order valence-corrected chi connectivity index (χ1v) is 10.3. The summed E-state index contributed by atoms with van der Waals surface area (Å²) in [5, 5.41) is 5.75. The van der Waals surface area contributed by atoms with Gasteiger partial charge in [-0.25, -0.2) is 0 Å². The van der Waals surface area contributed by atoms with E-state index in [0.717, 1.165) is 37.5 Å². The normalized spacial score (nSPS) is 11.3. The molecule has 3 heterocycles. The molecule has 0 saturated heterocycles. The van der Waals surface area contributed by atoms with E-state index in [1.807, 2.05) is 47.8 Å². The highest BCUT2D eigenvalue weighted by Crippen LogP contribution is 2.44. The lowest BCUT2D eigenvalue weighted by atomic mass is 10.0. The van der Waals surface area contributed by atoms with Gasteiger partial charge in [0.05, 0.1) is 10.3 Å². The third-order valence-electron chi connectivity index (χ3n) is 4.72. The number of thiophene rings is 2. The summed E-state index contributed by atoms with van der Waals surface area (Å²) in [4.78, 5) is 21.2. The van der Waals surface area contributed by atoms with Crippen LogP contribution >= 0.6 is 22.7 Å². The Hall–Kier alpha value is -2.89. The lowest BCUT2D eigenvalue weighted by Crippen LogP contribution is -2.27. The minimum absolute atomic E-state index is 0.127. The van der Waals surface area contributed by atoms with Crippen molar-refractivity contribution in [1.82, 2.24) is 4.73 Å². The van der Waals surface area contributed by atoms with E-state index in [0.29, 0.717) is 5.39 Å². The van der Waals surface area contributed by atoms with Crippen molar-refractivity contribution in [2.24, 2.45) is 0 Å². The van der Waals surface area contributed by atoms with Gasteiger partial charge in [-0.15, -0.1) is 27.4 Å². The van der Waals surface area contributed by atoms with Crippen LogP contribution < -0.4 is 10.4 Å².